The van der Waals surface area contributed by atoms with Crippen LogP contribution in [0.3, 0.4) is 0 Å². The second-order valence-corrected chi connectivity index (χ2v) is 4.43. The Balaban J connectivity index is 2.33. The number of benzene rings is 1. The summed E-state index contributed by atoms with van der Waals surface area (Å²) in [5, 5.41) is 0.508. The minimum atomic E-state index is -0.176. The molecule has 1 aromatic carbocycles. The number of nitrogens with one attached hydrogen (secondary N) is 1. The monoisotopic (exact) mass is 262 g/mol. The third-order valence-corrected chi connectivity index (χ3v) is 3.04. The van der Waals surface area contributed by atoms with Crippen LogP contribution in [-0.2, 0) is 4.74 Å². The summed E-state index contributed by atoms with van der Waals surface area (Å²) in [5.74, 6) is 0. The first kappa shape index (κ1) is 13.4. The first-order chi connectivity index (χ1) is 9.13. The third kappa shape index (κ3) is 2.85. The minimum Gasteiger partial charge on any atom is -0.397 e. The summed E-state index contributed by atoms with van der Waals surface area (Å²) in [4.78, 5) is 20.4. The van der Waals surface area contributed by atoms with Gasteiger partial charge < -0.3 is 20.4 Å². The van der Waals surface area contributed by atoms with Crippen molar-refractivity contribution in [3.05, 3.63) is 28.8 Å². The molecule has 0 aliphatic rings. The lowest BCUT2D eigenvalue weighted by Gasteiger charge is -2.21. The molecule has 2 rings (SSSR count). The summed E-state index contributed by atoms with van der Waals surface area (Å²) in [6.07, 6.45) is 2.31. The number of nitrogens with two attached hydrogens (primary N) is 1. The molecular weight excluding hydrogens is 244 g/mol. The molecule has 0 saturated heterocycles. The highest BCUT2D eigenvalue weighted by Gasteiger charge is 2.09. The number of hydrogen-bond acceptors (Lipinski definition) is 5. The van der Waals surface area contributed by atoms with Crippen LogP contribution in [0.25, 0.3) is 10.9 Å². The molecule has 0 saturated carbocycles. The second kappa shape index (κ2) is 5.71. The van der Waals surface area contributed by atoms with Gasteiger partial charge in [-0.3, -0.25) is 4.79 Å². The molecule has 0 bridgehead atoms. The molecule has 0 radical (unpaired) electrons. The number of ether oxygens (including phenoxy) is 1. The fraction of sp³-hybridized carbons (Fsp3) is 0.385. The summed E-state index contributed by atoms with van der Waals surface area (Å²) in [7, 11) is 3.64. The van der Waals surface area contributed by atoms with Gasteiger partial charge in [0, 0.05) is 27.3 Å². The van der Waals surface area contributed by atoms with Crippen molar-refractivity contribution in [2.24, 2.45) is 0 Å². The predicted octanol–water partition coefficient (Wildman–Crippen LogP) is 0.978. The molecule has 19 heavy (non-hydrogen) atoms. The fourth-order valence-electron chi connectivity index (χ4n) is 2.02. The van der Waals surface area contributed by atoms with Crippen molar-refractivity contribution in [3.63, 3.8) is 0 Å². The van der Waals surface area contributed by atoms with Gasteiger partial charge in [-0.15, -0.1) is 0 Å². The van der Waals surface area contributed by atoms with Crippen molar-refractivity contribution in [1.29, 1.82) is 0 Å². The van der Waals surface area contributed by atoms with Crippen LogP contribution in [0, 0.1) is 0 Å². The van der Waals surface area contributed by atoms with Gasteiger partial charge in [0.1, 0.15) is 0 Å². The molecule has 0 amide bonds. The highest BCUT2D eigenvalue weighted by Crippen LogP contribution is 2.25. The van der Waals surface area contributed by atoms with Crippen molar-refractivity contribution in [3.8, 4) is 0 Å². The largest absolute Gasteiger partial charge is 0.397 e. The predicted molar refractivity (Wildman–Crippen MR) is 76.5 cm³/mol. The van der Waals surface area contributed by atoms with Gasteiger partial charge >= 0.3 is 0 Å². The number of nitrogen functional groups attached to an aromatic ring is 1. The number of anilines is 2. The van der Waals surface area contributed by atoms with E-state index in [1.807, 2.05) is 18.0 Å². The van der Waals surface area contributed by atoms with E-state index in [1.165, 1.54) is 6.33 Å². The minimum absolute atomic E-state index is 0.176. The van der Waals surface area contributed by atoms with E-state index >= 15 is 0 Å². The molecule has 2 aromatic rings. The molecule has 1 aromatic heterocycles. The first-order valence-corrected chi connectivity index (χ1v) is 6.10. The molecule has 0 spiro atoms. The summed E-state index contributed by atoms with van der Waals surface area (Å²) < 4.78 is 5.03. The molecule has 6 heteroatoms. The maximum absolute atomic E-state index is 11.6. The molecule has 3 N–H and O–H groups in total. The Labute approximate surface area is 111 Å². The van der Waals surface area contributed by atoms with Gasteiger partial charge in [0.15, 0.2) is 0 Å². The summed E-state index contributed by atoms with van der Waals surface area (Å²) in [6.45, 7) is 1.53. The van der Waals surface area contributed by atoms with Gasteiger partial charge in [-0.05, 0) is 18.6 Å². The quantitative estimate of drug-likeness (QED) is 0.620. The number of rotatable bonds is 5. The van der Waals surface area contributed by atoms with Crippen LogP contribution in [0.1, 0.15) is 6.42 Å². The summed E-state index contributed by atoms with van der Waals surface area (Å²) in [5.41, 5.74) is 7.93. The van der Waals surface area contributed by atoms with Crippen molar-refractivity contribution >= 4 is 22.3 Å². The normalized spacial score (nSPS) is 10.8. The van der Waals surface area contributed by atoms with Crippen molar-refractivity contribution in [2.75, 3.05) is 37.9 Å². The Bertz CT molecular complexity index is 624. The van der Waals surface area contributed by atoms with Crippen LogP contribution in [0.2, 0.25) is 0 Å². The van der Waals surface area contributed by atoms with Gasteiger partial charge in [0.25, 0.3) is 5.56 Å². The second-order valence-electron chi connectivity index (χ2n) is 4.43. The number of nitrogens with zero attached hydrogens (tertiary/aromatic N) is 2. The summed E-state index contributed by atoms with van der Waals surface area (Å²) in [6, 6.07) is 3.51. The Kier molecular flexibility index (Phi) is 4.01. The Morgan fingerprint density at radius 2 is 2.26 bits per heavy atom. The van der Waals surface area contributed by atoms with Gasteiger partial charge in [-0.2, -0.15) is 0 Å². The summed E-state index contributed by atoms with van der Waals surface area (Å²) >= 11 is 0. The maximum atomic E-state index is 11.6. The number of aromatic amines is 1. The SMILES string of the molecule is COCCCN(C)c1cc2nc[nH]c(=O)c2cc1N. The van der Waals surface area contributed by atoms with E-state index in [1.54, 1.807) is 13.2 Å². The van der Waals surface area contributed by atoms with Crippen LogP contribution in [0.15, 0.2) is 23.3 Å². The molecule has 0 atom stereocenters. The van der Waals surface area contributed by atoms with Gasteiger partial charge in [-0.25, -0.2) is 4.98 Å². The lowest BCUT2D eigenvalue weighted by molar-refractivity contribution is 0.196. The Hall–Kier alpha value is -2.08. The van der Waals surface area contributed by atoms with Crippen molar-refractivity contribution in [1.82, 2.24) is 9.97 Å². The zero-order valence-electron chi connectivity index (χ0n) is 11.1. The number of H-pyrrole nitrogens is 1. The lowest BCUT2D eigenvalue weighted by atomic mass is 10.1. The van der Waals surface area contributed by atoms with Crippen LogP contribution < -0.4 is 16.2 Å². The zero-order chi connectivity index (χ0) is 13.8. The lowest BCUT2D eigenvalue weighted by Crippen LogP contribution is -2.21. The molecule has 0 unspecified atom stereocenters. The number of hydrogen-bond donors (Lipinski definition) is 2. The van der Waals surface area contributed by atoms with E-state index in [-0.39, 0.29) is 5.56 Å². The van der Waals surface area contributed by atoms with Crippen LogP contribution in [0.4, 0.5) is 11.4 Å². The number of fused-ring (bicyclic) bond motifs is 1. The van der Waals surface area contributed by atoms with Crippen LogP contribution >= 0.6 is 0 Å². The molecule has 0 fully saturated rings. The van der Waals surface area contributed by atoms with E-state index in [0.29, 0.717) is 23.2 Å². The average Bonchev–Trinajstić information content (AvgIpc) is 2.39. The molecule has 0 aliphatic heterocycles. The molecule has 6 nitrogen and oxygen atoms in total. The van der Waals surface area contributed by atoms with Gasteiger partial charge in [-0.1, -0.05) is 0 Å². The van der Waals surface area contributed by atoms with E-state index in [2.05, 4.69) is 9.97 Å². The standard InChI is InChI=1S/C13H18N4O2/c1-17(4-3-5-19-2)12-7-11-9(6-10(12)14)13(18)16-8-15-11/h6-8H,3-5,14H2,1-2H3,(H,15,16,18). The highest BCUT2D eigenvalue weighted by atomic mass is 16.5. The first-order valence-electron chi connectivity index (χ1n) is 6.10. The number of aromatic nitrogens is 2. The van der Waals surface area contributed by atoms with E-state index in [0.717, 1.165) is 18.7 Å². The number of methoxy groups -OCH3 is 1. The topological polar surface area (TPSA) is 84.2 Å². The van der Waals surface area contributed by atoms with Crippen molar-refractivity contribution < 1.29 is 4.74 Å². The average molecular weight is 262 g/mol. The van der Waals surface area contributed by atoms with E-state index in [4.69, 9.17) is 10.5 Å². The maximum Gasteiger partial charge on any atom is 0.258 e. The zero-order valence-corrected chi connectivity index (χ0v) is 11.1. The smallest absolute Gasteiger partial charge is 0.258 e. The highest BCUT2D eigenvalue weighted by molar-refractivity contribution is 5.88. The van der Waals surface area contributed by atoms with Crippen molar-refractivity contribution in [2.45, 2.75) is 6.42 Å². The molecule has 0 aliphatic carbocycles. The van der Waals surface area contributed by atoms with Gasteiger partial charge in [0.05, 0.1) is 28.6 Å². The van der Waals surface area contributed by atoms with Crippen LogP contribution in [0.5, 0.6) is 0 Å². The molecule has 102 valence electrons. The molecule has 1 heterocycles. The van der Waals surface area contributed by atoms with E-state index < -0.39 is 0 Å². The molecular formula is C13H18N4O2. The van der Waals surface area contributed by atoms with Gasteiger partial charge in [0.2, 0.25) is 0 Å². The van der Waals surface area contributed by atoms with Crippen LogP contribution in [-0.4, -0.2) is 37.3 Å². The Morgan fingerprint density at radius 1 is 1.47 bits per heavy atom. The Morgan fingerprint density at radius 3 is 3.00 bits per heavy atom. The van der Waals surface area contributed by atoms with E-state index in [9.17, 15) is 4.79 Å². The fourth-order valence-corrected chi connectivity index (χ4v) is 2.02. The third-order valence-electron chi connectivity index (χ3n) is 3.04.